The van der Waals surface area contributed by atoms with Crippen molar-refractivity contribution in [2.45, 2.75) is 18.8 Å². The van der Waals surface area contributed by atoms with E-state index in [1.807, 2.05) is 0 Å². The topological polar surface area (TPSA) is 12.0 Å². The van der Waals surface area contributed by atoms with E-state index in [-0.39, 0.29) is 18.0 Å². The number of benzene rings is 1. The summed E-state index contributed by atoms with van der Waals surface area (Å²) in [7, 11) is 0. The van der Waals surface area contributed by atoms with E-state index < -0.39 is 11.8 Å². The number of rotatable bonds is 2. The van der Waals surface area contributed by atoms with Crippen molar-refractivity contribution in [2.24, 2.45) is 5.92 Å². The first-order chi connectivity index (χ1) is 7.60. The SMILES string of the molecule is Cl.FC(F)(c1ccc(Cl)cc1)C1CCNCC1. The maximum Gasteiger partial charge on any atom is 0.276 e. The molecule has 1 aromatic rings. The molecule has 0 amide bonds. The Morgan fingerprint density at radius 2 is 1.65 bits per heavy atom. The third-order valence-electron chi connectivity index (χ3n) is 3.08. The van der Waals surface area contributed by atoms with E-state index in [4.69, 9.17) is 11.6 Å². The van der Waals surface area contributed by atoms with Gasteiger partial charge in [-0.05, 0) is 38.1 Å². The summed E-state index contributed by atoms with van der Waals surface area (Å²) in [6, 6.07) is 5.88. The first kappa shape index (κ1) is 14.7. The van der Waals surface area contributed by atoms with Gasteiger partial charge in [0.2, 0.25) is 0 Å². The Hall–Kier alpha value is -0.380. The highest BCUT2D eigenvalue weighted by Gasteiger charge is 2.41. The van der Waals surface area contributed by atoms with Crippen LogP contribution in [0.2, 0.25) is 5.02 Å². The molecule has 1 heterocycles. The zero-order valence-electron chi connectivity index (χ0n) is 9.26. The average Bonchev–Trinajstić information content (AvgIpc) is 2.31. The van der Waals surface area contributed by atoms with Gasteiger partial charge in [-0.2, -0.15) is 0 Å². The van der Waals surface area contributed by atoms with Gasteiger partial charge in [0.25, 0.3) is 5.92 Å². The largest absolute Gasteiger partial charge is 0.317 e. The molecule has 1 fully saturated rings. The van der Waals surface area contributed by atoms with E-state index in [1.54, 1.807) is 0 Å². The fourth-order valence-electron chi connectivity index (χ4n) is 2.09. The van der Waals surface area contributed by atoms with E-state index in [9.17, 15) is 8.78 Å². The van der Waals surface area contributed by atoms with E-state index in [0.717, 1.165) is 0 Å². The third-order valence-corrected chi connectivity index (χ3v) is 3.33. The molecular weight excluding hydrogens is 267 g/mol. The highest BCUT2D eigenvalue weighted by atomic mass is 35.5. The number of halogens is 4. The summed E-state index contributed by atoms with van der Waals surface area (Å²) in [5, 5.41) is 3.58. The predicted octanol–water partition coefficient (Wildman–Crippen LogP) is 3.85. The summed E-state index contributed by atoms with van der Waals surface area (Å²) < 4.78 is 28.2. The molecule has 1 saturated heterocycles. The summed E-state index contributed by atoms with van der Waals surface area (Å²) in [4.78, 5) is 0. The molecule has 0 aromatic heterocycles. The molecule has 1 nitrogen and oxygen atoms in total. The van der Waals surface area contributed by atoms with Crippen LogP contribution in [0.15, 0.2) is 24.3 Å². The van der Waals surface area contributed by atoms with Crippen LogP contribution in [0.25, 0.3) is 0 Å². The van der Waals surface area contributed by atoms with Crippen LogP contribution >= 0.6 is 24.0 Å². The second-order valence-electron chi connectivity index (χ2n) is 4.15. The minimum Gasteiger partial charge on any atom is -0.317 e. The Bertz CT molecular complexity index is 348. The number of piperidine rings is 1. The number of nitrogens with one attached hydrogen (secondary N) is 1. The summed E-state index contributed by atoms with van der Waals surface area (Å²) in [5.41, 5.74) is 0.0730. The van der Waals surface area contributed by atoms with Crippen LogP contribution in [0.4, 0.5) is 8.78 Å². The fourth-order valence-corrected chi connectivity index (χ4v) is 2.22. The lowest BCUT2D eigenvalue weighted by Crippen LogP contribution is -2.36. The Morgan fingerprint density at radius 3 is 2.18 bits per heavy atom. The van der Waals surface area contributed by atoms with Crippen LogP contribution in [0, 0.1) is 5.92 Å². The van der Waals surface area contributed by atoms with Crippen LogP contribution in [-0.2, 0) is 5.92 Å². The number of hydrogen-bond donors (Lipinski definition) is 1. The van der Waals surface area contributed by atoms with Crippen LogP contribution < -0.4 is 5.32 Å². The monoisotopic (exact) mass is 281 g/mol. The highest BCUT2D eigenvalue weighted by molar-refractivity contribution is 6.30. The summed E-state index contributed by atoms with van der Waals surface area (Å²) in [6.07, 6.45) is 1.05. The predicted molar refractivity (Wildman–Crippen MR) is 68.2 cm³/mol. The van der Waals surface area contributed by atoms with Gasteiger partial charge in [-0.1, -0.05) is 23.7 Å². The molecule has 0 saturated carbocycles. The maximum atomic E-state index is 14.1. The molecule has 2 rings (SSSR count). The van der Waals surface area contributed by atoms with Crippen molar-refractivity contribution in [3.8, 4) is 0 Å². The molecule has 1 aromatic carbocycles. The molecule has 0 unspecified atom stereocenters. The second kappa shape index (κ2) is 5.98. The molecule has 0 aliphatic carbocycles. The molecule has 96 valence electrons. The summed E-state index contributed by atoms with van der Waals surface area (Å²) in [6.45, 7) is 1.35. The number of alkyl halides is 2. The van der Waals surface area contributed by atoms with Crippen LogP contribution in [-0.4, -0.2) is 13.1 Å². The van der Waals surface area contributed by atoms with E-state index in [2.05, 4.69) is 5.32 Å². The first-order valence-corrected chi connectivity index (χ1v) is 5.83. The van der Waals surface area contributed by atoms with Crippen molar-refractivity contribution in [1.82, 2.24) is 5.32 Å². The van der Waals surface area contributed by atoms with Gasteiger partial charge in [0.15, 0.2) is 0 Å². The molecule has 0 bridgehead atoms. The van der Waals surface area contributed by atoms with Crippen molar-refractivity contribution < 1.29 is 8.78 Å². The lowest BCUT2D eigenvalue weighted by molar-refractivity contribution is -0.0753. The molecule has 0 spiro atoms. The van der Waals surface area contributed by atoms with Gasteiger partial charge in [-0.15, -0.1) is 12.4 Å². The molecule has 0 radical (unpaired) electrons. The normalized spacial score (nSPS) is 17.6. The zero-order chi connectivity index (χ0) is 11.6. The minimum absolute atomic E-state index is 0. The van der Waals surface area contributed by atoms with Gasteiger partial charge in [-0.25, -0.2) is 8.78 Å². The Labute approximate surface area is 111 Å². The highest BCUT2D eigenvalue weighted by Crippen LogP contribution is 2.40. The summed E-state index contributed by atoms with van der Waals surface area (Å²) in [5.74, 6) is -3.30. The van der Waals surface area contributed by atoms with Gasteiger partial charge in [0.1, 0.15) is 0 Å². The van der Waals surface area contributed by atoms with E-state index >= 15 is 0 Å². The first-order valence-electron chi connectivity index (χ1n) is 5.45. The van der Waals surface area contributed by atoms with Crippen molar-refractivity contribution in [3.05, 3.63) is 34.9 Å². The molecule has 1 aliphatic heterocycles. The summed E-state index contributed by atoms with van der Waals surface area (Å²) >= 11 is 5.69. The molecular formula is C12H15Cl2F2N. The van der Waals surface area contributed by atoms with Crippen molar-refractivity contribution in [1.29, 1.82) is 0 Å². The molecule has 0 atom stereocenters. The maximum absolute atomic E-state index is 14.1. The minimum atomic E-state index is -2.74. The Balaban J connectivity index is 0.00000144. The Kier molecular flexibility index (Phi) is 5.17. The van der Waals surface area contributed by atoms with Crippen molar-refractivity contribution in [3.63, 3.8) is 0 Å². The van der Waals surface area contributed by atoms with Crippen LogP contribution in [0.1, 0.15) is 18.4 Å². The van der Waals surface area contributed by atoms with Gasteiger partial charge in [0, 0.05) is 16.5 Å². The van der Waals surface area contributed by atoms with Gasteiger partial charge in [-0.3, -0.25) is 0 Å². The van der Waals surface area contributed by atoms with Gasteiger partial charge >= 0.3 is 0 Å². The molecule has 17 heavy (non-hydrogen) atoms. The van der Waals surface area contributed by atoms with Crippen molar-refractivity contribution in [2.75, 3.05) is 13.1 Å². The van der Waals surface area contributed by atoms with E-state index in [0.29, 0.717) is 31.0 Å². The van der Waals surface area contributed by atoms with Crippen LogP contribution in [0.5, 0.6) is 0 Å². The second-order valence-corrected chi connectivity index (χ2v) is 4.59. The quantitative estimate of drug-likeness (QED) is 0.868. The zero-order valence-corrected chi connectivity index (χ0v) is 10.8. The van der Waals surface area contributed by atoms with Gasteiger partial charge in [0.05, 0.1) is 0 Å². The smallest absolute Gasteiger partial charge is 0.276 e. The van der Waals surface area contributed by atoms with Crippen molar-refractivity contribution >= 4 is 24.0 Å². The molecule has 1 aliphatic rings. The number of hydrogen-bond acceptors (Lipinski definition) is 1. The van der Waals surface area contributed by atoms with E-state index in [1.165, 1.54) is 24.3 Å². The third kappa shape index (κ3) is 3.30. The van der Waals surface area contributed by atoms with Gasteiger partial charge < -0.3 is 5.32 Å². The standard InChI is InChI=1S/C12H14ClF2N.ClH/c13-11-3-1-9(2-4-11)12(14,15)10-5-7-16-8-6-10;/h1-4,10,16H,5-8H2;1H. The van der Waals surface area contributed by atoms with Crippen LogP contribution in [0.3, 0.4) is 0 Å². The average molecular weight is 282 g/mol. The Morgan fingerprint density at radius 1 is 1.12 bits per heavy atom. The molecule has 1 N–H and O–H groups in total. The molecule has 5 heteroatoms. The fraction of sp³-hybridized carbons (Fsp3) is 0.500. The lowest BCUT2D eigenvalue weighted by Gasteiger charge is -2.30. The lowest BCUT2D eigenvalue weighted by atomic mass is 9.87.